The fourth-order valence-corrected chi connectivity index (χ4v) is 2.30. The molecule has 0 bridgehead atoms. The van der Waals surface area contributed by atoms with Gasteiger partial charge in [0.2, 0.25) is 15.9 Å². The van der Waals surface area contributed by atoms with Crippen LogP contribution in [0.2, 0.25) is 0 Å². The van der Waals surface area contributed by atoms with Crippen LogP contribution in [-0.2, 0) is 14.8 Å². The summed E-state index contributed by atoms with van der Waals surface area (Å²) in [5.41, 5.74) is 0.392. The van der Waals surface area contributed by atoms with Crippen LogP contribution in [0.1, 0.15) is 12.5 Å². The number of nitrogens with one attached hydrogen (secondary N) is 2. The molecule has 1 aromatic heterocycles. The van der Waals surface area contributed by atoms with Crippen LogP contribution in [0.4, 0.5) is 0 Å². The number of hydrogen-bond acceptors (Lipinski definition) is 5. The number of sulfonamides is 1. The van der Waals surface area contributed by atoms with Crippen molar-refractivity contribution < 1.29 is 18.3 Å². The number of aromatic nitrogens is 1. The van der Waals surface area contributed by atoms with E-state index >= 15 is 0 Å². The van der Waals surface area contributed by atoms with Crippen molar-refractivity contribution in [3.63, 3.8) is 0 Å². The molecule has 1 aromatic rings. The third-order valence-corrected chi connectivity index (χ3v) is 3.55. The first-order chi connectivity index (χ1) is 9.45. The molecule has 0 radical (unpaired) electrons. The molecular formula is C12H15N3O4S. The maximum Gasteiger partial charge on any atom is 0.242 e. The normalized spacial score (nSPS) is 10.5. The molecular weight excluding hydrogens is 282 g/mol. The van der Waals surface area contributed by atoms with Crippen molar-refractivity contribution in [2.45, 2.75) is 11.8 Å². The molecule has 0 aromatic carbocycles. The van der Waals surface area contributed by atoms with Gasteiger partial charge in [-0.1, -0.05) is 11.8 Å². The molecule has 20 heavy (non-hydrogen) atoms. The van der Waals surface area contributed by atoms with Gasteiger partial charge in [-0.05, 0) is 6.07 Å². The molecule has 108 valence electrons. The Morgan fingerprint density at radius 3 is 2.80 bits per heavy atom. The monoisotopic (exact) mass is 297 g/mol. The molecule has 1 amide bonds. The minimum absolute atomic E-state index is 0.0231. The number of hydrogen-bond donors (Lipinski definition) is 3. The summed E-state index contributed by atoms with van der Waals surface area (Å²) in [6.07, 6.45) is 2.60. The van der Waals surface area contributed by atoms with Crippen molar-refractivity contribution in [3.05, 3.63) is 24.0 Å². The highest BCUT2D eigenvalue weighted by molar-refractivity contribution is 7.89. The van der Waals surface area contributed by atoms with E-state index in [1.54, 1.807) is 0 Å². The SMILES string of the molecule is CC(=O)NCCNS(=O)(=O)c1cncc(C#CCO)c1. The van der Waals surface area contributed by atoms with Gasteiger partial charge in [-0.25, -0.2) is 13.1 Å². The first kappa shape index (κ1) is 16.1. The van der Waals surface area contributed by atoms with Crippen molar-refractivity contribution >= 4 is 15.9 Å². The minimum Gasteiger partial charge on any atom is -0.384 e. The summed E-state index contributed by atoms with van der Waals surface area (Å²) in [5, 5.41) is 11.1. The summed E-state index contributed by atoms with van der Waals surface area (Å²) < 4.78 is 26.2. The molecule has 0 aliphatic rings. The molecule has 3 N–H and O–H groups in total. The fraction of sp³-hybridized carbons (Fsp3) is 0.333. The number of carbonyl (C=O) groups excluding carboxylic acids is 1. The zero-order valence-corrected chi connectivity index (χ0v) is 11.7. The highest BCUT2D eigenvalue weighted by Gasteiger charge is 2.14. The van der Waals surface area contributed by atoms with Crippen molar-refractivity contribution in [2.24, 2.45) is 0 Å². The first-order valence-corrected chi connectivity index (χ1v) is 7.23. The van der Waals surface area contributed by atoms with Gasteiger partial charge in [-0.2, -0.15) is 0 Å². The third-order valence-electron chi connectivity index (χ3n) is 2.13. The molecule has 1 heterocycles. The van der Waals surface area contributed by atoms with E-state index in [2.05, 4.69) is 26.9 Å². The summed E-state index contributed by atoms with van der Waals surface area (Å²) in [7, 11) is -3.70. The largest absolute Gasteiger partial charge is 0.384 e. The van der Waals surface area contributed by atoms with Gasteiger partial charge < -0.3 is 10.4 Å². The van der Waals surface area contributed by atoms with Gasteiger partial charge in [0.15, 0.2) is 0 Å². The number of rotatable bonds is 5. The number of nitrogens with zero attached hydrogens (tertiary/aromatic N) is 1. The van der Waals surface area contributed by atoms with Crippen LogP contribution in [0.15, 0.2) is 23.4 Å². The molecule has 0 aliphatic carbocycles. The van der Waals surface area contributed by atoms with E-state index in [0.29, 0.717) is 5.56 Å². The maximum atomic E-state index is 11.9. The third kappa shape index (κ3) is 5.36. The fourth-order valence-electron chi connectivity index (χ4n) is 1.28. The van der Waals surface area contributed by atoms with Crippen LogP contribution in [0.25, 0.3) is 0 Å². The van der Waals surface area contributed by atoms with Crippen LogP contribution in [0.5, 0.6) is 0 Å². The minimum atomic E-state index is -3.70. The van der Waals surface area contributed by atoms with Gasteiger partial charge in [0.25, 0.3) is 0 Å². The van der Waals surface area contributed by atoms with Gasteiger partial charge in [0.1, 0.15) is 11.5 Å². The van der Waals surface area contributed by atoms with Gasteiger partial charge in [0.05, 0.1) is 0 Å². The van der Waals surface area contributed by atoms with Gasteiger partial charge in [-0.3, -0.25) is 9.78 Å². The molecule has 0 atom stereocenters. The van der Waals surface area contributed by atoms with Gasteiger partial charge in [-0.15, -0.1) is 0 Å². The molecule has 1 rings (SSSR count). The average molecular weight is 297 g/mol. The Bertz CT molecular complexity index is 632. The molecule has 0 saturated carbocycles. The van der Waals surface area contributed by atoms with Crippen molar-refractivity contribution in [1.29, 1.82) is 0 Å². The van der Waals surface area contributed by atoms with E-state index in [1.165, 1.54) is 25.4 Å². The first-order valence-electron chi connectivity index (χ1n) is 5.74. The Balaban J connectivity index is 2.74. The Labute approximate surface area is 117 Å². The molecule has 0 unspecified atom stereocenters. The van der Waals surface area contributed by atoms with Crippen LogP contribution in [-0.4, -0.2) is 44.1 Å². The lowest BCUT2D eigenvalue weighted by molar-refractivity contribution is -0.118. The summed E-state index contributed by atoms with van der Waals surface area (Å²) in [4.78, 5) is 14.4. The topological polar surface area (TPSA) is 108 Å². The predicted molar refractivity (Wildman–Crippen MR) is 72.1 cm³/mol. The second-order valence-electron chi connectivity index (χ2n) is 3.75. The Hall–Kier alpha value is -1.95. The van der Waals surface area contributed by atoms with E-state index < -0.39 is 10.0 Å². The molecule has 0 spiro atoms. The van der Waals surface area contributed by atoms with Crippen LogP contribution < -0.4 is 10.0 Å². The Kier molecular flexibility index (Phi) is 6.11. The lowest BCUT2D eigenvalue weighted by atomic mass is 10.3. The van der Waals surface area contributed by atoms with Gasteiger partial charge in [0, 0.05) is 38.0 Å². The van der Waals surface area contributed by atoms with Crippen LogP contribution in [0, 0.1) is 11.8 Å². The maximum absolute atomic E-state index is 11.9. The van der Waals surface area contributed by atoms with Crippen molar-refractivity contribution in [3.8, 4) is 11.8 Å². The van der Waals surface area contributed by atoms with Crippen LogP contribution >= 0.6 is 0 Å². The molecule has 8 heteroatoms. The Morgan fingerprint density at radius 1 is 1.40 bits per heavy atom. The van der Waals surface area contributed by atoms with Crippen molar-refractivity contribution in [1.82, 2.24) is 15.0 Å². The van der Waals surface area contributed by atoms with E-state index in [1.807, 2.05) is 0 Å². The number of aliphatic hydroxyl groups is 1. The molecule has 7 nitrogen and oxygen atoms in total. The van der Waals surface area contributed by atoms with E-state index in [9.17, 15) is 13.2 Å². The number of pyridine rings is 1. The lowest BCUT2D eigenvalue weighted by Crippen LogP contribution is -2.33. The summed E-state index contributed by atoms with van der Waals surface area (Å²) in [5.74, 6) is 4.76. The quantitative estimate of drug-likeness (QED) is 0.469. The van der Waals surface area contributed by atoms with E-state index in [4.69, 9.17) is 5.11 Å². The smallest absolute Gasteiger partial charge is 0.242 e. The highest BCUT2D eigenvalue weighted by atomic mass is 32.2. The summed E-state index contributed by atoms with van der Waals surface area (Å²) >= 11 is 0. The highest BCUT2D eigenvalue weighted by Crippen LogP contribution is 2.08. The molecule has 0 aliphatic heterocycles. The summed E-state index contributed by atoms with van der Waals surface area (Å²) in [6, 6.07) is 1.36. The number of carbonyl (C=O) groups is 1. The predicted octanol–water partition coefficient (Wildman–Crippen LogP) is -1.16. The Morgan fingerprint density at radius 2 is 2.15 bits per heavy atom. The second kappa shape index (κ2) is 7.59. The molecule has 0 saturated heterocycles. The van der Waals surface area contributed by atoms with Crippen LogP contribution in [0.3, 0.4) is 0 Å². The van der Waals surface area contributed by atoms with E-state index in [0.717, 1.165) is 0 Å². The second-order valence-corrected chi connectivity index (χ2v) is 5.52. The number of aliphatic hydroxyl groups excluding tert-OH is 1. The zero-order valence-electron chi connectivity index (χ0n) is 10.9. The van der Waals surface area contributed by atoms with Crippen molar-refractivity contribution in [2.75, 3.05) is 19.7 Å². The zero-order chi connectivity index (χ0) is 15.0. The number of amides is 1. The lowest BCUT2D eigenvalue weighted by Gasteiger charge is -2.07. The standard InChI is InChI=1S/C12H15N3O4S/c1-10(17)14-4-5-15-20(18,19)12-7-11(3-2-6-16)8-13-9-12/h7-9,15-16H,4-6H2,1H3,(H,14,17). The van der Waals surface area contributed by atoms with Gasteiger partial charge >= 0.3 is 0 Å². The summed E-state index contributed by atoms with van der Waals surface area (Å²) in [6.45, 7) is 1.31. The van der Waals surface area contributed by atoms with E-state index in [-0.39, 0.29) is 30.5 Å². The average Bonchev–Trinajstić information content (AvgIpc) is 2.41. The molecule has 0 fully saturated rings.